The minimum Gasteiger partial charge on any atom is -0.461 e. The Morgan fingerprint density at radius 3 is 2.79 bits per heavy atom. The molecule has 3 rings (SSSR count). The summed E-state index contributed by atoms with van der Waals surface area (Å²) in [6.45, 7) is 4.90. The van der Waals surface area contributed by atoms with Crippen molar-refractivity contribution in [2.45, 2.75) is 32.6 Å². The van der Waals surface area contributed by atoms with Gasteiger partial charge in [0.1, 0.15) is 5.82 Å². The minimum absolute atomic E-state index is 0.559. The van der Waals surface area contributed by atoms with Gasteiger partial charge in [-0.05, 0) is 54.2 Å². The molecule has 2 heterocycles. The lowest BCUT2D eigenvalue weighted by atomic mass is 10.2. The Morgan fingerprint density at radius 1 is 1.42 bits per heavy atom. The number of halogens is 1. The van der Waals surface area contributed by atoms with Crippen LogP contribution in [0.15, 0.2) is 21.2 Å². The molecule has 4 nitrogen and oxygen atoms in total. The molecule has 100 valence electrons. The smallest absolute Gasteiger partial charge is 0.198 e. The Balaban J connectivity index is 2.12. The number of furan rings is 1. The molecule has 0 atom stereocenters. The average molecular weight is 322 g/mol. The average Bonchev–Trinajstić information content (AvgIpc) is 3.14. The summed E-state index contributed by atoms with van der Waals surface area (Å²) in [5.41, 5.74) is 2.16. The van der Waals surface area contributed by atoms with Crippen LogP contribution in [0.25, 0.3) is 11.6 Å². The normalized spacial score (nSPS) is 14.7. The number of rotatable bonds is 4. The van der Waals surface area contributed by atoms with Gasteiger partial charge in [0.2, 0.25) is 0 Å². The van der Waals surface area contributed by atoms with Crippen molar-refractivity contribution in [1.82, 2.24) is 9.97 Å². The van der Waals surface area contributed by atoms with E-state index in [1.54, 1.807) is 6.26 Å². The lowest BCUT2D eigenvalue weighted by Crippen LogP contribution is -2.05. The van der Waals surface area contributed by atoms with Gasteiger partial charge in [0.15, 0.2) is 11.6 Å². The predicted octanol–water partition coefficient (Wildman–Crippen LogP) is 4.12. The molecule has 5 heteroatoms. The number of nitrogens with zero attached hydrogens (tertiary/aromatic N) is 2. The van der Waals surface area contributed by atoms with Gasteiger partial charge in [-0.15, -0.1) is 0 Å². The first-order chi connectivity index (χ1) is 9.20. The van der Waals surface area contributed by atoms with Crippen molar-refractivity contribution < 1.29 is 4.42 Å². The molecule has 1 aliphatic carbocycles. The maximum atomic E-state index is 5.51. The molecule has 1 N–H and O–H groups in total. The largest absolute Gasteiger partial charge is 0.461 e. The van der Waals surface area contributed by atoms with Crippen LogP contribution < -0.4 is 5.32 Å². The third-order valence-electron chi connectivity index (χ3n) is 3.25. The summed E-state index contributed by atoms with van der Waals surface area (Å²) >= 11 is 3.62. The molecule has 2 aromatic rings. The molecule has 0 saturated heterocycles. The Kier molecular flexibility index (Phi) is 3.31. The summed E-state index contributed by atoms with van der Waals surface area (Å²) < 4.78 is 6.50. The van der Waals surface area contributed by atoms with E-state index in [1.807, 2.05) is 13.0 Å². The zero-order valence-electron chi connectivity index (χ0n) is 11.0. The first-order valence-electron chi connectivity index (χ1n) is 6.56. The van der Waals surface area contributed by atoms with Crippen LogP contribution in [0.5, 0.6) is 0 Å². The van der Waals surface area contributed by atoms with E-state index in [1.165, 1.54) is 12.8 Å². The molecule has 0 aromatic carbocycles. The van der Waals surface area contributed by atoms with E-state index in [2.05, 4.69) is 38.1 Å². The van der Waals surface area contributed by atoms with E-state index in [0.717, 1.165) is 33.9 Å². The van der Waals surface area contributed by atoms with Crippen LogP contribution in [-0.4, -0.2) is 16.5 Å². The van der Waals surface area contributed by atoms with Gasteiger partial charge < -0.3 is 9.73 Å². The second-order valence-electron chi connectivity index (χ2n) is 4.83. The second kappa shape index (κ2) is 4.96. The fraction of sp³-hybridized carbons (Fsp3) is 0.429. The van der Waals surface area contributed by atoms with E-state index in [4.69, 9.17) is 4.42 Å². The standard InChI is InChI=1S/C14H16BrN3O/c1-3-16-13-10(15)11(9-4-5-9)17-14(18-13)12-8(2)6-7-19-12/h6-7,9H,3-5H2,1-2H3,(H,16,17,18). The summed E-state index contributed by atoms with van der Waals surface area (Å²) in [7, 11) is 0. The molecular formula is C14H16BrN3O. The number of anilines is 1. The molecule has 0 radical (unpaired) electrons. The lowest BCUT2D eigenvalue weighted by Gasteiger charge is -2.11. The molecule has 0 unspecified atom stereocenters. The zero-order valence-corrected chi connectivity index (χ0v) is 12.6. The molecule has 19 heavy (non-hydrogen) atoms. The first-order valence-corrected chi connectivity index (χ1v) is 7.35. The molecule has 0 bridgehead atoms. The number of hydrogen-bond acceptors (Lipinski definition) is 4. The van der Waals surface area contributed by atoms with Crippen molar-refractivity contribution >= 4 is 21.7 Å². The minimum atomic E-state index is 0.559. The summed E-state index contributed by atoms with van der Waals surface area (Å²) in [6.07, 6.45) is 4.09. The van der Waals surface area contributed by atoms with Crippen LogP contribution in [0, 0.1) is 6.92 Å². The van der Waals surface area contributed by atoms with Crippen molar-refractivity contribution in [3.63, 3.8) is 0 Å². The Labute approximate surface area is 120 Å². The van der Waals surface area contributed by atoms with E-state index in [0.29, 0.717) is 11.7 Å². The molecule has 1 aliphatic rings. The highest BCUT2D eigenvalue weighted by molar-refractivity contribution is 9.10. The van der Waals surface area contributed by atoms with Gasteiger partial charge in [0, 0.05) is 12.5 Å². The van der Waals surface area contributed by atoms with Crippen molar-refractivity contribution in [3.8, 4) is 11.6 Å². The van der Waals surface area contributed by atoms with E-state index >= 15 is 0 Å². The molecule has 0 amide bonds. The SMILES string of the molecule is CCNc1nc(-c2occc2C)nc(C2CC2)c1Br. The quantitative estimate of drug-likeness (QED) is 0.920. The van der Waals surface area contributed by atoms with Gasteiger partial charge in [0.25, 0.3) is 0 Å². The Morgan fingerprint density at radius 2 is 2.21 bits per heavy atom. The van der Waals surface area contributed by atoms with Gasteiger partial charge in [-0.3, -0.25) is 0 Å². The van der Waals surface area contributed by atoms with Crippen LogP contribution in [0.3, 0.4) is 0 Å². The topological polar surface area (TPSA) is 51.0 Å². The number of nitrogens with one attached hydrogen (secondary N) is 1. The van der Waals surface area contributed by atoms with Crippen LogP contribution >= 0.6 is 15.9 Å². The highest BCUT2D eigenvalue weighted by atomic mass is 79.9. The van der Waals surface area contributed by atoms with Gasteiger partial charge in [-0.2, -0.15) is 0 Å². The number of hydrogen-bond donors (Lipinski definition) is 1. The molecule has 0 spiro atoms. The Hall–Kier alpha value is -1.36. The summed E-state index contributed by atoms with van der Waals surface area (Å²) in [6, 6.07) is 1.93. The third kappa shape index (κ3) is 2.39. The van der Waals surface area contributed by atoms with E-state index in [9.17, 15) is 0 Å². The molecule has 1 fully saturated rings. The highest BCUT2D eigenvalue weighted by Gasteiger charge is 2.30. The lowest BCUT2D eigenvalue weighted by molar-refractivity contribution is 0.575. The van der Waals surface area contributed by atoms with Crippen molar-refractivity contribution in [2.24, 2.45) is 0 Å². The van der Waals surface area contributed by atoms with Gasteiger partial charge >= 0.3 is 0 Å². The van der Waals surface area contributed by atoms with Gasteiger partial charge in [0.05, 0.1) is 16.4 Å². The van der Waals surface area contributed by atoms with Crippen molar-refractivity contribution in [1.29, 1.82) is 0 Å². The zero-order chi connectivity index (χ0) is 13.4. The fourth-order valence-corrected chi connectivity index (χ4v) is 2.72. The number of aryl methyl sites for hydroxylation is 1. The Bertz CT molecular complexity index is 605. The molecule has 1 saturated carbocycles. The highest BCUT2D eigenvalue weighted by Crippen LogP contribution is 2.44. The van der Waals surface area contributed by atoms with E-state index in [-0.39, 0.29) is 0 Å². The maximum absolute atomic E-state index is 5.51. The molecule has 2 aromatic heterocycles. The monoisotopic (exact) mass is 321 g/mol. The fourth-order valence-electron chi connectivity index (χ4n) is 2.08. The summed E-state index contributed by atoms with van der Waals surface area (Å²) in [4.78, 5) is 9.26. The van der Waals surface area contributed by atoms with E-state index < -0.39 is 0 Å². The first kappa shape index (κ1) is 12.7. The molecule has 0 aliphatic heterocycles. The van der Waals surface area contributed by atoms with Crippen LogP contribution in [0.4, 0.5) is 5.82 Å². The molecular weight excluding hydrogens is 306 g/mol. The van der Waals surface area contributed by atoms with Crippen LogP contribution in [0.2, 0.25) is 0 Å². The van der Waals surface area contributed by atoms with Crippen molar-refractivity contribution in [3.05, 3.63) is 28.1 Å². The van der Waals surface area contributed by atoms with Gasteiger partial charge in [-0.1, -0.05) is 0 Å². The van der Waals surface area contributed by atoms with Crippen molar-refractivity contribution in [2.75, 3.05) is 11.9 Å². The number of aromatic nitrogens is 2. The van der Waals surface area contributed by atoms with Gasteiger partial charge in [-0.25, -0.2) is 9.97 Å². The van der Waals surface area contributed by atoms with Crippen LogP contribution in [-0.2, 0) is 0 Å². The third-order valence-corrected chi connectivity index (χ3v) is 4.03. The van der Waals surface area contributed by atoms with Crippen LogP contribution in [0.1, 0.15) is 36.9 Å². The predicted molar refractivity (Wildman–Crippen MR) is 78.3 cm³/mol. The second-order valence-corrected chi connectivity index (χ2v) is 5.63. The maximum Gasteiger partial charge on any atom is 0.198 e. The summed E-state index contributed by atoms with van der Waals surface area (Å²) in [5.74, 6) is 2.84. The summed E-state index contributed by atoms with van der Waals surface area (Å²) in [5, 5.41) is 3.28.